The van der Waals surface area contributed by atoms with Gasteiger partial charge in [0.15, 0.2) is 11.3 Å². The average Bonchev–Trinajstić information content (AvgIpc) is 4.13. The van der Waals surface area contributed by atoms with Crippen molar-refractivity contribution in [1.29, 1.82) is 0 Å². The number of carbonyl (C=O) groups is 2. The van der Waals surface area contributed by atoms with E-state index >= 15 is 0 Å². The number of hydrogen-bond donors (Lipinski definition) is 4. The Labute approximate surface area is 476 Å². The largest absolute Gasteiger partial charge is 0.416 e. The molecule has 2 amide bonds. The number of anilines is 2. The summed E-state index contributed by atoms with van der Waals surface area (Å²) in [5, 5.41) is 16.5. The van der Waals surface area contributed by atoms with Gasteiger partial charge in [0.25, 0.3) is 11.8 Å². The number of nitrogens with zero attached hydrogens (tertiary/aromatic N) is 10. The predicted molar refractivity (Wildman–Crippen MR) is 301 cm³/mol. The van der Waals surface area contributed by atoms with E-state index in [-0.39, 0.29) is 46.1 Å². The zero-order valence-corrected chi connectivity index (χ0v) is 45.0. The molecule has 4 aromatic carbocycles. The molecule has 0 aliphatic rings. The van der Waals surface area contributed by atoms with Crippen LogP contribution in [0.5, 0.6) is 0 Å². The first-order valence-electron chi connectivity index (χ1n) is 25.3. The van der Waals surface area contributed by atoms with Crippen molar-refractivity contribution in [3.63, 3.8) is 0 Å². The molecule has 420 valence electrons. The molecule has 0 bridgehead atoms. The van der Waals surface area contributed by atoms with E-state index in [1.54, 1.807) is 107 Å². The fourth-order valence-electron chi connectivity index (χ4n) is 7.92. The number of hydrogen-bond acceptors (Lipinski definition) is 12. The van der Waals surface area contributed by atoms with Gasteiger partial charge in [0.05, 0.1) is 23.5 Å². The second kappa shape index (κ2) is 27.5. The molecule has 0 fully saturated rings. The van der Waals surface area contributed by atoms with Gasteiger partial charge in [0.1, 0.15) is 24.0 Å². The summed E-state index contributed by atoms with van der Waals surface area (Å²) in [7, 11) is 0. The van der Waals surface area contributed by atoms with Crippen molar-refractivity contribution in [1.82, 2.24) is 54.4 Å². The van der Waals surface area contributed by atoms with Gasteiger partial charge in [0.2, 0.25) is 0 Å². The van der Waals surface area contributed by atoms with E-state index in [0.717, 1.165) is 41.1 Å². The van der Waals surface area contributed by atoms with E-state index in [1.807, 2.05) is 26.0 Å². The number of amides is 2. The number of halogens is 7. The van der Waals surface area contributed by atoms with E-state index in [1.165, 1.54) is 36.9 Å². The van der Waals surface area contributed by atoms with Crippen molar-refractivity contribution in [2.45, 2.75) is 51.5 Å². The molecule has 6 heterocycles. The minimum atomic E-state index is -4.59. The van der Waals surface area contributed by atoms with Crippen molar-refractivity contribution in [2.24, 2.45) is 5.73 Å². The number of alkyl halides is 7. The maximum atomic E-state index is 13.9. The van der Waals surface area contributed by atoms with Crippen LogP contribution < -0.4 is 21.7 Å². The summed E-state index contributed by atoms with van der Waals surface area (Å²) in [4.78, 5) is 49.9. The van der Waals surface area contributed by atoms with Gasteiger partial charge >= 0.3 is 12.4 Å². The number of benzene rings is 4. The molecule has 0 aliphatic heterocycles. The number of aryl methyl sites for hydroxylation is 2. The Kier molecular flexibility index (Phi) is 19.7. The number of nitrogens with two attached hydrogens (primary N) is 1. The summed E-state index contributed by atoms with van der Waals surface area (Å²) in [6.07, 6.45) is 4.97. The molecule has 10 rings (SSSR count). The summed E-state index contributed by atoms with van der Waals surface area (Å²) in [6, 6.07) is 27.9. The minimum Gasteiger partial charge on any atom is -0.330 e. The lowest BCUT2D eigenvalue weighted by Crippen LogP contribution is -2.21. The minimum absolute atomic E-state index is 0.0101. The van der Waals surface area contributed by atoms with Gasteiger partial charge < -0.3 is 21.7 Å². The summed E-state index contributed by atoms with van der Waals surface area (Å²) in [5.41, 5.74) is 11.4. The van der Waals surface area contributed by atoms with E-state index < -0.39 is 35.3 Å². The van der Waals surface area contributed by atoms with E-state index in [9.17, 15) is 35.9 Å². The Morgan fingerprint density at radius 3 is 1.52 bits per heavy atom. The lowest BCUT2D eigenvalue weighted by atomic mass is 10.0. The molecule has 0 unspecified atom stereocenters. The lowest BCUT2D eigenvalue weighted by Gasteiger charge is -2.16. The number of carbonyl (C=O) groups excluding carboxylic acids is 2. The topological polar surface area (TPSA) is 208 Å². The number of rotatable bonds is 12. The monoisotopic (exact) mass is 1150 g/mol. The van der Waals surface area contributed by atoms with Crippen LogP contribution in [0.3, 0.4) is 0 Å². The average molecular weight is 1150 g/mol. The first-order chi connectivity index (χ1) is 40.0. The Balaban J connectivity index is 0.000000191. The van der Waals surface area contributed by atoms with Gasteiger partial charge in [0, 0.05) is 102 Å². The van der Waals surface area contributed by atoms with E-state index in [4.69, 9.17) is 17.3 Å². The first-order valence-corrected chi connectivity index (χ1v) is 25.8. The van der Waals surface area contributed by atoms with Gasteiger partial charge in [-0.3, -0.25) is 9.59 Å². The van der Waals surface area contributed by atoms with Gasteiger partial charge in [-0.25, -0.2) is 38.9 Å². The normalized spacial score (nSPS) is 11.0. The summed E-state index contributed by atoms with van der Waals surface area (Å²) in [5.74, 6) is 10.7. The molecule has 0 atom stereocenters. The third-order valence-corrected chi connectivity index (χ3v) is 12.5. The van der Waals surface area contributed by atoms with Crippen LogP contribution in [0.15, 0.2) is 159 Å². The standard InChI is InChI=1S/C30H24F3N7O.C24H16ClF3N4O.C6H9N3/c1-20-4-5-22(15-21(20)7-9-26-18-36-28-3-2-12-38-40(26)28)29(41)39-25-8-6-23(27(16-25)30(31,32)33)17-34-13-10-24-11-14-35-19-37-24;1-15-4-5-17(11-16(15)7-9-20-14-29-22-3-2-10-30-32(20)22)23(33)31-19-8-6-18(13-25)21(12-19)24(26,27)28;7-3-1-6-2-4-8-5-9-6/h2-6,8,11-12,14-16,18-19,34H,10,13,17H2,1H3,(H,39,41);2-6,8,10-12,14H,13H2,1H3,(H,31,33);2,4-5H,1,3,7H2. The summed E-state index contributed by atoms with van der Waals surface area (Å²) in [6.45, 7) is 4.81. The van der Waals surface area contributed by atoms with Gasteiger partial charge in [-0.2, -0.15) is 36.5 Å². The van der Waals surface area contributed by atoms with Crippen LogP contribution in [0.1, 0.15) is 88.0 Å². The Morgan fingerprint density at radius 1 is 0.578 bits per heavy atom. The first kappa shape index (κ1) is 59.3. The van der Waals surface area contributed by atoms with Gasteiger partial charge in [-0.05, 0) is 139 Å². The number of imidazole rings is 2. The fraction of sp³-hybridized carbons (Fsp3) is 0.167. The van der Waals surface area contributed by atoms with Crippen LogP contribution in [-0.2, 0) is 37.6 Å². The fourth-order valence-corrected chi connectivity index (χ4v) is 8.15. The Bertz CT molecular complexity index is 4020. The van der Waals surface area contributed by atoms with E-state index in [2.05, 4.69) is 79.7 Å². The molecule has 16 nitrogen and oxygen atoms in total. The van der Waals surface area contributed by atoms with Crippen LogP contribution >= 0.6 is 11.6 Å². The van der Waals surface area contributed by atoms with Crippen molar-refractivity contribution < 1.29 is 35.9 Å². The molecule has 83 heavy (non-hydrogen) atoms. The molecule has 6 aromatic heterocycles. The predicted octanol–water partition coefficient (Wildman–Crippen LogP) is 10.3. The Morgan fingerprint density at radius 2 is 1.06 bits per heavy atom. The summed E-state index contributed by atoms with van der Waals surface area (Å²) >= 11 is 5.61. The van der Waals surface area contributed by atoms with Gasteiger partial charge in [-0.1, -0.05) is 36.1 Å². The molecule has 0 radical (unpaired) electrons. The van der Waals surface area contributed by atoms with Crippen LogP contribution in [0.25, 0.3) is 11.3 Å². The third kappa shape index (κ3) is 16.2. The smallest absolute Gasteiger partial charge is 0.330 e. The highest BCUT2D eigenvalue weighted by Gasteiger charge is 2.34. The van der Waals surface area contributed by atoms with Crippen molar-refractivity contribution >= 4 is 46.1 Å². The summed E-state index contributed by atoms with van der Waals surface area (Å²) < 4.78 is 84.7. The molecule has 0 spiro atoms. The highest BCUT2D eigenvalue weighted by atomic mass is 35.5. The molecule has 0 aliphatic carbocycles. The molecule has 10 aromatic rings. The number of fused-ring (bicyclic) bond motifs is 2. The lowest BCUT2D eigenvalue weighted by molar-refractivity contribution is -0.139. The van der Waals surface area contributed by atoms with Gasteiger partial charge in [-0.15, -0.1) is 11.6 Å². The van der Waals surface area contributed by atoms with Crippen LogP contribution in [0.4, 0.5) is 37.7 Å². The maximum absolute atomic E-state index is 13.9. The highest BCUT2D eigenvalue weighted by Crippen LogP contribution is 2.36. The molecule has 5 N–H and O–H groups in total. The highest BCUT2D eigenvalue weighted by molar-refractivity contribution is 6.17. The van der Waals surface area contributed by atoms with E-state index in [0.29, 0.717) is 53.3 Å². The van der Waals surface area contributed by atoms with Crippen molar-refractivity contribution in [3.05, 3.63) is 237 Å². The quantitative estimate of drug-likeness (QED) is 0.0390. The van der Waals surface area contributed by atoms with Crippen LogP contribution in [-0.4, -0.2) is 74.0 Å². The molecular weight excluding hydrogens is 1100 g/mol. The Hall–Kier alpha value is -9.87. The molecular formula is C60H49ClF6N14O2. The van der Waals surface area contributed by atoms with Crippen LogP contribution in [0.2, 0.25) is 0 Å². The maximum Gasteiger partial charge on any atom is 0.416 e. The number of nitrogens with one attached hydrogen (secondary N) is 3. The van der Waals surface area contributed by atoms with Crippen LogP contribution in [0, 0.1) is 37.5 Å². The zero-order chi connectivity index (χ0) is 58.9. The molecule has 0 saturated heterocycles. The van der Waals surface area contributed by atoms with Crippen molar-refractivity contribution in [2.75, 3.05) is 23.7 Å². The molecule has 0 saturated carbocycles. The zero-order valence-electron chi connectivity index (χ0n) is 44.3. The SMILES string of the molecule is Cc1ccc(C(=O)Nc2ccc(CCl)c(C(F)(F)F)c2)cc1C#Cc1cnc2cccnn12.Cc1ccc(C(=O)Nc2ccc(CNCCc3ccncn3)c(C(F)(F)F)c2)cc1C#Cc1cnc2cccnn12.NCCc1ccncn1. The second-order valence-electron chi connectivity index (χ2n) is 18.1. The number of aromatic nitrogens is 10. The third-order valence-electron chi connectivity index (χ3n) is 12.3. The molecule has 23 heteroatoms. The second-order valence-corrected chi connectivity index (χ2v) is 18.3. The van der Waals surface area contributed by atoms with Crippen molar-refractivity contribution in [3.8, 4) is 23.7 Å².